The standard InChI is InChI=1S/C42H62O5Si2/c1-34(46-48(9,10)41(2,3)4)20-14-11-15-21-36(43)28-31-38(33-45-32-35-26-29-37(44-8)30-27-35)47-49(42(5,6)7,39-22-16-12-17-23-39)40-24-18-13-19-25-40/h12-13,15-19,21-31,34,36,38,43H,11,14,20,32-33H2,1-10H3/b21-15-,31-28-/t34-,36-,38-/m0/s1. The summed E-state index contributed by atoms with van der Waals surface area (Å²) in [6.45, 7) is 21.2. The molecule has 0 aliphatic rings. The van der Waals surface area contributed by atoms with E-state index in [1.54, 1.807) is 7.11 Å². The van der Waals surface area contributed by atoms with Gasteiger partial charge in [-0.2, -0.15) is 0 Å². The second-order valence-corrected chi connectivity index (χ2v) is 24.6. The molecule has 0 aliphatic heterocycles. The SMILES string of the molecule is COc1ccc(COC[C@H](/C=C\[C@@H](O)/C=C\CCC[C@H](C)O[Si](C)(C)C(C)(C)C)O[Si](c2ccccc2)(c2ccccc2)C(C)(C)C)cc1. The molecule has 5 nitrogen and oxygen atoms in total. The normalized spacial score (nSPS) is 15.1. The van der Waals surface area contributed by atoms with E-state index < -0.39 is 22.7 Å². The highest BCUT2D eigenvalue weighted by atomic mass is 28.4. The molecule has 0 saturated heterocycles. The molecule has 0 unspecified atom stereocenters. The van der Waals surface area contributed by atoms with Gasteiger partial charge in [-0.3, -0.25) is 0 Å². The number of hydrogen-bond donors (Lipinski definition) is 1. The molecule has 7 heteroatoms. The van der Waals surface area contributed by atoms with Crippen LogP contribution < -0.4 is 15.1 Å². The average Bonchev–Trinajstić information content (AvgIpc) is 3.05. The molecular weight excluding hydrogens is 641 g/mol. The van der Waals surface area contributed by atoms with Gasteiger partial charge in [0.05, 0.1) is 32.5 Å². The van der Waals surface area contributed by atoms with Crippen LogP contribution >= 0.6 is 0 Å². The third-order valence-corrected chi connectivity index (χ3v) is 19.3. The molecule has 0 aliphatic carbocycles. The molecule has 3 aromatic carbocycles. The van der Waals surface area contributed by atoms with Gasteiger partial charge < -0.3 is 23.4 Å². The minimum absolute atomic E-state index is 0.193. The largest absolute Gasteiger partial charge is 0.497 e. The van der Waals surface area contributed by atoms with Crippen molar-refractivity contribution in [2.45, 2.75) is 116 Å². The molecule has 3 atom stereocenters. The van der Waals surface area contributed by atoms with Crippen LogP contribution in [-0.4, -0.2) is 53.8 Å². The van der Waals surface area contributed by atoms with Gasteiger partial charge in [0.1, 0.15) is 5.75 Å². The number of rotatable bonds is 18. The monoisotopic (exact) mass is 702 g/mol. The van der Waals surface area contributed by atoms with Crippen molar-refractivity contribution in [2.24, 2.45) is 0 Å². The maximum Gasteiger partial charge on any atom is 0.261 e. The summed E-state index contributed by atoms with van der Waals surface area (Å²) < 4.78 is 25.5. The Labute approximate surface area is 299 Å². The number of unbranched alkanes of at least 4 members (excludes halogenated alkanes) is 1. The molecule has 0 spiro atoms. The molecule has 0 aromatic heterocycles. The van der Waals surface area contributed by atoms with Gasteiger partial charge in [0.2, 0.25) is 0 Å². The quantitative estimate of drug-likeness (QED) is 0.0814. The Kier molecular flexibility index (Phi) is 15.3. The van der Waals surface area contributed by atoms with Crippen LogP contribution in [0.3, 0.4) is 0 Å². The van der Waals surface area contributed by atoms with E-state index >= 15 is 0 Å². The van der Waals surface area contributed by atoms with Crippen LogP contribution in [0.5, 0.6) is 5.75 Å². The zero-order valence-corrected chi connectivity index (χ0v) is 33.7. The molecule has 268 valence electrons. The summed E-state index contributed by atoms with van der Waals surface area (Å²) in [5, 5.41) is 13.4. The van der Waals surface area contributed by atoms with E-state index in [1.807, 2.05) is 42.5 Å². The topological polar surface area (TPSA) is 57.2 Å². The fourth-order valence-corrected chi connectivity index (χ4v) is 12.0. The van der Waals surface area contributed by atoms with Crippen molar-refractivity contribution in [3.63, 3.8) is 0 Å². The summed E-state index contributed by atoms with van der Waals surface area (Å²) in [5.74, 6) is 0.815. The lowest BCUT2D eigenvalue weighted by atomic mass is 10.1. The van der Waals surface area contributed by atoms with Crippen molar-refractivity contribution in [1.29, 1.82) is 0 Å². The predicted octanol–water partition coefficient (Wildman–Crippen LogP) is 9.21. The first-order valence-corrected chi connectivity index (χ1v) is 22.6. The lowest BCUT2D eigenvalue weighted by Gasteiger charge is -2.44. The molecular formula is C42H62O5Si2. The van der Waals surface area contributed by atoms with Crippen molar-refractivity contribution < 1.29 is 23.4 Å². The molecule has 0 heterocycles. The van der Waals surface area contributed by atoms with Crippen LogP contribution in [-0.2, 0) is 20.2 Å². The summed E-state index contributed by atoms with van der Waals surface area (Å²) >= 11 is 0. The molecule has 0 amide bonds. The minimum Gasteiger partial charge on any atom is -0.497 e. The maximum absolute atomic E-state index is 11.0. The zero-order chi connectivity index (χ0) is 36.1. The number of hydrogen-bond acceptors (Lipinski definition) is 5. The van der Waals surface area contributed by atoms with Gasteiger partial charge in [0.25, 0.3) is 8.32 Å². The molecule has 0 bridgehead atoms. The second-order valence-electron chi connectivity index (χ2n) is 15.6. The first-order valence-electron chi connectivity index (χ1n) is 17.8. The summed E-state index contributed by atoms with van der Waals surface area (Å²) in [5.41, 5.74) is 1.06. The van der Waals surface area contributed by atoms with E-state index in [2.05, 4.69) is 128 Å². The van der Waals surface area contributed by atoms with Crippen LogP contribution in [0, 0.1) is 0 Å². The smallest absolute Gasteiger partial charge is 0.261 e. The van der Waals surface area contributed by atoms with Gasteiger partial charge in [-0.25, -0.2) is 0 Å². The van der Waals surface area contributed by atoms with Crippen LogP contribution in [0.1, 0.15) is 73.3 Å². The number of aliphatic hydroxyl groups excluding tert-OH is 1. The van der Waals surface area contributed by atoms with E-state index in [0.29, 0.717) is 13.2 Å². The van der Waals surface area contributed by atoms with Crippen LogP contribution in [0.2, 0.25) is 23.2 Å². The fourth-order valence-electron chi connectivity index (χ4n) is 5.86. The van der Waals surface area contributed by atoms with Gasteiger partial charge in [-0.05, 0) is 77.4 Å². The molecule has 49 heavy (non-hydrogen) atoms. The lowest BCUT2D eigenvalue weighted by Crippen LogP contribution is -2.67. The number of allylic oxidation sites excluding steroid dienone is 1. The Morgan fingerprint density at radius 1 is 0.735 bits per heavy atom. The van der Waals surface area contributed by atoms with Crippen molar-refractivity contribution in [3.05, 3.63) is 115 Å². The minimum atomic E-state index is -2.86. The molecule has 0 radical (unpaired) electrons. The first kappa shape index (κ1) is 40.6. The van der Waals surface area contributed by atoms with Crippen molar-refractivity contribution in [2.75, 3.05) is 13.7 Å². The van der Waals surface area contributed by atoms with Crippen LogP contribution in [0.15, 0.2) is 109 Å². The van der Waals surface area contributed by atoms with E-state index in [4.69, 9.17) is 18.3 Å². The van der Waals surface area contributed by atoms with Gasteiger partial charge in [-0.1, -0.05) is 139 Å². The summed E-state index contributed by atoms with van der Waals surface area (Å²) in [6.07, 6.45) is 9.79. The van der Waals surface area contributed by atoms with E-state index in [0.717, 1.165) is 30.6 Å². The van der Waals surface area contributed by atoms with Gasteiger partial charge >= 0.3 is 0 Å². The van der Waals surface area contributed by atoms with Gasteiger partial charge in [0, 0.05) is 6.10 Å². The molecule has 1 N–H and O–H groups in total. The Bertz CT molecular complexity index is 1380. The highest BCUT2D eigenvalue weighted by Crippen LogP contribution is 2.39. The summed E-state index contributed by atoms with van der Waals surface area (Å²) in [7, 11) is -2.96. The number of benzene rings is 3. The van der Waals surface area contributed by atoms with E-state index in [-0.39, 0.29) is 22.3 Å². The predicted molar refractivity (Wildman–Crippen MR) is 211 cm³/mol. The Balaban J connectivity index is 1.79. The van der Waals surface area contributed by atoms with Crippen molar-refractivity contribution in [1.82, 2.24) is 0 Å². The Hall–Kier alpha value is -2.79. The fraction of sp³-hybridized carbons (Fsp3) is 0.476. The first-order chi connectivity index (χ1) is 23.1. The third kappa shape index (κ3) is 11.9. The molecule has 3 rings (SSSR count). The third-order valence-electron chi connectivity index (χ3n) is 9.59. The van der Waals surface area contributed by atoms with Crippen molar-refractivity contribution >= 4 is 27.0 Å². The molecule has 0 fully saturated rings. The Morgan fingerprint density at radius 3 is 1.82 bits per heavy atom. The molecule has 0 saturated carbocycles. The molecule has 3 aromatic rings. The summed E-state index contributed by atoms with van der Waals surface area (Å²) in [6, 6.07) is 29.2. The lowest BCUT2D eigenvalue weighted by molar-refractivity contribution is 0.0564. The highest BCUT2D eigenvalue weighted by Gasteiger charge is 2.51. The number of ether oxygens (including phenoxy) is 2. The zero-order valence-electron chi connectivity index (χ0n) is 31.7. The maximum atomic E-state index is 11.0. The second kappa shape index (κ2) is 18.5. The van der Waals surface area contributed by atoms with Crippen LogP contribution in [0.4, 0.5) is 0 Å². The van der Waals surface area contributed by atoms with Gasteiger partial charge in [0.15, 0.2) is 8.32 Å². The number of methoxy groups -OCH3 is 1. The van der Waals surface area contributed by atoms with E-state index in [9.17, 15) is 5.11 Å². The summed E-state index contributed by atoms with van der Waals surface area (Å²) in [4.78, 5) is 0. The highest BCUT2D eigenvalue weighted by molar-refractivity contribution is 6.99. The Morgan fingerprint density at radius 2 is 1.31 bits per heavy atom. The van der Waals surface area contributed by atoms with Gasteiger partial charge in [-0.15, -0.1) is 0 Å². The van der Waals surface area contributed by atoms with Crippen LogP contribution in [0.25, 0.3) is 0 Å². The average molecular weight is 703 g/mol. The number of aliphatic hydroxyl groups is 1. The van der Waals surface area contributed by atoms with E-state index in [1.165, 1.54) is 10.4 Å². The van der Waals surface area contributed by atoms with Crippen molar-refractivity contribution in [3.8, 4) is 5.75 Å².